The summed E-state index contributed by atoms with van der Waals surface area (Å²) in [6.45, 7) is 1.03. The van der Waals surface area contributed by atoms with Crippen LogP contribution in [0.2, 0.25) is 0 Å². The van der Waals surface area contributed by atoms with Gasteiger partial charge >= 0.3 is 12.1 Å². The summed E-state index contributed by atoms with van der Waals surface area (Å²) in [7, 11) is 2.53. The lowest BCUT2D eigenvalue weighted by molar-refractivity contribution is -0.141. The average molecular weight is 585 g/mol. The van der Waals surface area contributed by atoms with E-state index in [-0.39, 0.29) is 41.9 Å². The van der Waals surface area contributed by atoms with E-state index < -0.39 is 29.6 Å². The molecule has 0 spiro atoms. The van der Waals surface area contributed by atoms with Gasteiger partial charge in [0.15, 0.2) is 0 Å². The van der Waals surface area contributed by atoms with Crippen molar-refractivity contribution in [1.82, 2.24) is 9.47 Å². The topological polar surface area (TPSA) is 59.3 Å². The summed E-state index contributed by atoms with van der Waals surface area (Å²) in [5.74, 6) is -1.42. The van der Waals surface area contributed by atoms with E-state index in [9.17, 15) is 22.4 Å². The van der Waals surface area contributed by atoms with Gasteiger partial charge in [-0.3, -0.25) is 4.79 Å². The highest BCUT2D eigenvalue weighted by Gasteiger charge is 2.40. The monoisotopic (exact) mass is 584 g/mol. The largest absolute Gasteiger partial charge is 0.495 e. The Bertz CT molecular complexity index is 1730. The van der Waals surface area contributed by atoms with Gasteiger partial charge in [-0.1, -0.05) is 12.1 Å². The number of para-hydroxylation sites is 1. The van der Waals surface area contributed by atoms with Gasteiger partial charge in [0.2, 0.25) is 5.96 Å². The van der Waals surface area contributed by atoms with Crippen LogP contribution in [0.25, 0.3) is 10.9 Å². The lowest BCUT2D eigenvalue weighted by Gasteiger charge is -2.43. The number of hydrogen-bond donors (Lipinski definition) is 0. The molecule has 0 saturated heterocycles. The molecule has 42 heavy (non-hydrogen) atoms. The van der Waals surface area contributed by atoms with Crippen LogP contribution < -0.4 is 9.64 Å². The fourth-order valence-electron chi connectivity index (χ4n) is 5.71. The normalized spacial score (nSPS) is 16.6. The van der Waals surface area contributed by atoms with E-state index in [0.717, 1.165) is 23.3 Å². The van der Waals surface area contributed by atoms with Crippen LogP contribution in [0.5, 0.6) is 5.75 Å². The molecule has 1 aromatic heterocycles. The van der Waals surface area contributed by atoms with Crippen molar-refractivity contribution < 1.29 is 36.2 Å². The maximum Gasteiger partial charge on any atom is 0.416 e. The Kier molecular flexibility index (Phi) is 6.78. The van der Waals surface area contributed by atoms with Crippen molar-refractivity contribution in [2.45, 2.75) is 31.7 Å². The van der Waals surface area contributed by atoms with Crippen LogP contribution >= 0.6 is 0 Å². The molecule has 0 radical (unpaired) electrons. The molecule has 12 heteroatoms. The van der Waals surface area contributed by atoms with Crippen LogP contribution in [0.1, 0.15) is 29.3 Å². The molecule has 3 heterocycles. The number of halogens is 5. The summed E-state index contributed by atoms with van der Waals surface area (Å²) in [5, 5.41) is 0.703. The van der Waals surface area contributed by atoms with E-state index in [2.05, 4.69) is 4.99 Å². The van der Waals surface area contributed by atoms with E-state index in [1.165, 1.54) is 49.5 Å². The summed E-state index contributed by atoms with van der Waals surface area (Å²) in [6.07, 6.45) is -4.98. The number of fused-ring (bicyclic) bond motifs is 4. The van der Waals surface area contributed by atoms with Crippen LogP contribution in [0.3, 0.4) is 0 Å². The molecule has 0 amide bonds. The second-order valence-corrected chi connectivity index (χ2v) is 10.1. The number of esters is 1. The smallest absolute Gasteiger partial charge is 0.416 e. The summed E-state index contributed by atoms with van der Waals surface area (Å²) >= 11 is 0. The number of alkyl halides is 3. The van der Waals surface area contributed by atoms with Crippen molar-refractivity contribution >= 4 is 34.2 Å². The number of carbonyl (C=O) groups is 1. The summed E-state index contributed by atoms with van der Waals surface area (Å²) in [4.78, 5) is 20.6. The van der Waals surface area contributed by atoms with Crippen molar-refractivity contribution in [2.24, 2.45) is 4.99 Å². The lowest BCUT2D eigenvalue weighted by Crippen LogP contribution is -2.50. The Morgan fingerprint density at radius 1 is 1.02 bits per heavy atom. The van der Waals surface area contributed by atoms with Crippen molar-refractivity contribution in [3.8, 4) is 5.75 Å². The SMILES string of the molecule is COC(=O)CC1c2cccc(F)c2N=C(N2CCn3c(cc4cc(F)ccc43)C2)N1c1cc(C(F)(F)F)ccc1OC. The molecule has 0 fully saturated rings. The van der Waals surface area contributed by atoms with Crippen LogP contribution in [0.4, 0.5) is 33.3 Å². The number of aromatic nitrogens is 1. The van der Waals surface area contributed by atoms with Gasteiger partial charge in [0, 0.05) is 35.2 Å². The minimum atomic E-state index is -4.67. The zero-order chi connectivity index (χ0) is 29.8. The molecule has 2 aliphatic heterocycles. The molecule has 3 aromatic carbocycles. The number of rotatable bonds is 4. The van der Waals surface area contributed by atoms with Crippen molar-refractivity contribution in [1.29, 1.82) is 0 Å². The lowest BCUT2D eigenvalue weighted by atomic mass is 9.96. The molecule has 0 N–H and O–H groups in total. The Balaban J connectivity index is 1.55. The summed E-state index contributed by atoms with van der Waals surface area (Å²) in [5.41, 5.74) is 1.02. The Labute approximate surface area is 237 Å². The standard InChI is InChI=1S/C30H25F5N4O3/c1-41-26-9-6-18(30(33,34)35)14-25(26)39-24(15-27(40)42-2)21-4-3-5-22(32)28(21)36-29(39)37-10-11-38-20(16-37)13-17-12-19(31)7-8-23(17)38/h3-9,12-14,24H,10-11,15-16H2,1-2H3. The van der Waals surface area contributed by atoms with Gasteiger partial charge in [-0.15, -0.1) is 0 Å². The van der Waals surface area contributed by atoms with E-state index in [4.69, 9.17) is 9.47 Å². The third-order valence-electron chi connectivity index (χ3n) is 7.65. The Hall–Kier alpha value is -4.61. The highest BCUT2D eigenvalue weighted by atomic mass is 19.4. The van der Waals surface area contributed by atoms with Crippen LogP contribution in [-0.2, 0) is 28.8 Å². The summed E-state index contributed by atoms with van der Waals surface area (Å²) in [6, 6.07) is 12.7. The minimum absolute atomic E-state index is 0.00285. The van der Waals surface area contributed by atoms with E-state index in [0.29, 0.717) is 24.0 Å². The molecule has 0 bridgehead atoms. The molecule has 0 aliphatic carbocycles. The first-order valence-corrected chi connectivity index (χ1v) is 13.1. The molecule has 7 nitrogen and oxygen atoms in total. The first-order chi connectivity index (χ1) is 20.1. The van der Waals surface area contributed by atoms with Gasteiger partial charge < -0.3 is 23.8 Å². The van der Waals surface area contributed by atoms with Crippen LogP contribution in [0.15, 0.2) is 65.7 Å². The van der Waals surface area contributed by atoms with Gasteiger partial charge in [0.05, 0.1) is 44.5 Å². The molecule has 1 unspecified atom stereocenters. The Morgan fingerprint density at radius 2 is 1.83 bits per heavy atom. The van der Waals surface area contributed by atoms with E-state index in [1.54, 1.807) is 12.1 Å². The van der Waals surface area contributed by atoms with Gasteiger partial charge in [-0.25, -0.2) is 13.8 Å². The predicted molar refractivity (Wildman–Crippen MR) is 146 cm³/mol. The second kappa shape index (κ2) is 10.3. The number of benzene rings is 3. The van der Waals surface area contributed by atoms with Gasteiger partial charge in [0.25, 0.3) is 0 Å². The van der Waals surface area contributed by atoms with E-state index >= 15 is 4.39 Å². The van der Waals surface area contributed by atoms with Crippen molar-refractivity contribution in [3.05, 3.63) is 89.1 Å². The number of ether oxygens (including phenoxy) is 2. The van der Waals surface area contributed by atoms with Gasteiger partial charge in [0.1, 0.15) is 23.1 Å². The molecule has 6 rings (SSSR count). The predicted octanol–water partition coefficient (Wildman–Crippen LogP) is 6.57. The number of aliphatic imine (C=N–C) groups is 1. The number of anilines is 1. The number of methoxy groups -OCH3 is 2. The molecular formula is C30H25F5N4O3. The first-order valence-electron chi connectivity index (χ1n) is 13.1. The number of carbonyl (C=O) groups excluding carboxylic acids is 1. The van der Waals surface area contributed by atoms with Crippen LogP contribution in [0, 0.1) is 11.6 Å². The fraction of sp³-hybridized carbons (Fsp3) is 0.267. The molecule has 4 aromatic rings. The highest BCUT2D eigenvalue weighted by molar-refractivity contribution is 6.02. The van der Waals surface area contributed by atoms with Gasteiger partial charge in [-0.2, -0.15) is 13.2 Å². The molecule has 218 valence electrons. The third-order valence-corrected chi connectivity index (χ3v) is 7.65. The fourth-order valence-corrected chi connectivity index (χ4v) is 5.71. The highest BCUT2D eigenvalue weighted by Crippen LogP contribution is 2.46. The van der Waals surface area contributed by atoms with Crippen molar-refractivity contribution in [3.63, 3.8) is 0 Å². The number of hydrogen-bond acceptors (Lipinski definition) is 6. The summed E-state index contributed by atoms with van der Waals surface area (Å²) < 4.78 is 83.4. The second-order valence-electron chi connectivity index (χ2n) is 10.1. The molecular weight excluding hydrogens is 559 g/mol. The van der Waals surface area contributed by atoms with Crippen LogP contribution in [-0.4, -0.2) is 42.2 Å². The van der Waals surface area contributed by atoms with Gasteiger partial charge in [-0.05, 0) is 48.5 Å². The van der Waals surface area contributed by atoms with E-state index in [1.807, 2.05) is 15.5 Å². The quantitative estimate of drug-likeness (QED) is 0.201. The molecule has 1 atom stereocenters. The molecule has 2 aliphatic rings. The minimum Gasteiger partial charge on any atom is -0.495 e. The Morgan fingerprint density at radius 3 is 2.57 bits per heavy atom. The maximum atomic E-state index is 15.2. The average Bonchev–Trinajstić information content (AvgIpc) is 3.33. The maximum absolute atomic E-state index is 15.2. The zero-order valence-corrected chi connectivity index (χ0v) is 22.6. The third kappa shape index (κ3) is 4.70. The van der Waals surface area contributed by atoms with Crippen molar-refractivity contribution in [2.75, 3.05) is 25.7 Å². The number of guanidine groups is 1. The zero-order valence-electron chi connectivity index (χ0n) is 22.6. The number of nitrogens with zero attached hydrogens (tertiary/aromatic N) is 4. The first kappa shape index (κ1) is 27.6. The molecule has 0 saturated carbocycles.